The van der Waals surface area contributed by atoms with Gasteiger partial charge in [0.2, 0.25) is 0 Å². The van der Waals surface area contributed by atoms with Crippen LogP contribution in [0.5, 0.6) is 5.75 Å². The van der Waals surface area contributed by atoms with Gasteiger partial charge in [0.25, 0.3) is 0 Å². The zero-order valence-electron chi connectivity index (χ0n) is 17.7. The van der Waals surface area contributed by atoms with Crippen LogP contribution in [0.1, 0.15) is 52.7 Å². The molecule has 3 unspecified atom stereocenters. The molecule has 3 heteroatoms. The summed E-state index contributed by atoms with van der Waals surface area (Å²) in [5.41, 5.74) is 3.01. The van der Waals surface area contributed by atoms with Gasteiger partial charge in [0.1, 0.15) is 11.4 Å². The number of aryl methyl sites for hydroxylation is 1. The molecule has 0 amide bonds. The third-order valence-corrected chi connectivity index (χ3v) is 7.58. The molecule has 1 saturated carbocycles. The third kappa shape index (κ3) is 2.43. The number of phenolic OH excluding ortho intramolecular Hbond substituents is 1. The van der Waals surface area contributed by atoms with Crippen molar-refractivity contribution in [2.24, 2.45) is 5.92 Å². The minimum Gasteiger partial charge on any atom is -0.507 e. The van der Waals surface area contributed by atoms with Crippen molar-refractivity contribution in [1.82, 2.24) is 0 Å². The quantitative estimate of drug-likeness (QED) is 0.381. The second-order valence-electron chi connectivity index (χ2n) is 9.15. The molecular weight excluding hydrogens is 384 g/mol. The summed E-state index contributed by atoms with van der Waals surface area (Å²) < 4.78 is 6.41. The van der Waals surface area contributed by atoms with Crippen LogP contribution in [0.4, 0.5) is 0 Å². The summed E-state index contributed by atoms with van der Waals surface area (Å²) in [5.74, 6) is 0.402. The van der Waals surface area contributed by atoms with E-state index in [0.717, 1.165) is 51.1 Å². The summed E-state index contributed by atoms with van der Waals surface area (Å²) in [6.07, 6.45) is 1.71. The number of phenols is 1. The summed E-state index contributed by atoms with van der Waals surface area (Å²) in [5, 5.41) is 15.0. The van der Waals surface area contributed by atoms with Crippen LogP contribution in [0.2, 0.25) is 0 Å². The topological polar surface area (TPSA) is 46.5 Å². The molecule has 3 nitrogen and oxygen atoms in total. The van der Waals surface area contributed by atoms with Crippen LogP contribution >= 0.6 is 0 Å². The van der Waals surface area contributed by atoms with Gasteiger partial charge in [-0.1, -0.05) is 67.1 Å². The van der Waals surface area contributed by atoms with E-state index < -0.39 is 5.60 Å². The van der Waals surface area contributed by atoms with Gasteiger partial charge < -0.3 is 9.84 Å². The van der Waals surface area contributed by atoms with Crippen LogP contribution in [0, 0.1) is 12.8 Å². The van der Waals surface area contributed by atoms with Crippen LogP contribution in [-0.2, 0) is 10.3 Å². The van der Waals surface area contributed by atoms with Gasteiger partial charge in [-0.15, -0.1) is 0 Å². The number of hydrogen-bond donors (Lipinski definition) is 1. The number of carbonyl (C=O) groups excluding carboxylic acids is 1. The normalized spacial score (nSPS) is 23.9. The number of carbonyl (C=O) groups is 1. The van der Waals surface area contributed by atoms with E-state index in [9.17, 15) is 9.90 Å². The lowest BCUT2D eigenvalue weighted by Gasteiger charge is -2.32. The Morgan fingerprint density at radius 2 is 1.81 bits per heavy atom. The van der Waals surface area contributed by atoms with E-state index in [1.54, 1.807) is 0 Å². The standard InChI is InChI=1S/C28H24O3/c1-16-10-11-22-19(14-16)15-24-25(26(22)29)20-12-13-28(24,17(20)2)31-27(30)23-9-5-7-18-6-3-4-8-21(18)23/h3-11,14-15,17,20,29H,12-13H2,1-2H3. The molecule has 1 N–H and O–H groups in total. The molecule has 3 atom stereocenters. The summed E-state index contributed by atoms with van der Waals surface area (Å²) >= 11 is 0. The fraction of sp³-hybridized carbons (Fsp3) is 0.250. The van der Waals surface area contributed by atoms with Gasteiger partial charge in [-0.2, -0.15) is 0 Å². The lowest BCUT2D eigenvalue weighted by Crippen LogP contribution is -2.33. The zero-order chi connectivity index (χ0) is 21.3. The van der Waals surface area contributed by atoms with Crippen LogP contribution in [0.15, 0.2) is 66.7 Å². The number of fused-ring (bicyclic) bond motifs is 7. The Morgan fingerprint density at radius 1 is 1.00 bits per heavy atom. The van der Waals surface area contributed by atoms with Crippen molar-refractivity contribution in [3.05, 3.63) is 89.0 Å². The van der Waals surface area contributed by atoms with Crippen molar-refractivity contribution >= 4 is 27.5 Å². The molecule has 31 heavy (non-hydrogen) atoms. The maximum Gasteiger partial charge on any atom is 0.339 e. The van der Waals surface area contributed by atoms with Gasteiger partial charge in [-0.3, -0.25) is 0 Å². The molecule has 0 radical (unpaired) electrons. The van der Waals surface area contributed by atoms with Crippen LogP contribution < -0.4 is 0 Å². The molecule has 154 valence electrons. The summed E-state index contributed by atoms with van der Waals surface area (Å²) in [7, 11) is 0. The van der Waals surface area contributed by atoms with Gasteiger partial charge in [-0.25, -0.2) is 4.79 Å². The van der Waals surface area contributed by atoms with Gasteiger partial charge >= 0.3 is 5.97 Å². The average molecular weight is 408 g/mol. The first kappa shape index (κ1) is 18.4. The highest BCUT2D eigenvalue weighted by atomic mass is 16.6. The predicted molar refractivity (Wildman–Crippen MR) is 123 cm³/mol. The first-order valence-electron chi connectivity index (χ1n) is 11.0. The smallest absolute Gasteiger partial charge is 0.339 e. The molecule has 2 bridgehead atoms. The molecule has 6 rings (SSSR count). The second-order valence-corrected chi connectivity index (χ2v) is 9.15. The summed E-state index contributed by atoms with van der Waals surface area (Å²) in [6, 6.07) is 21.9. The van der Waals surface area contributed by atoms with Crippen LogP contribution in [0.25, 0.3) is 21.5 Å². The van der Waals surface area contributed by atoms with E-state index in [0.29, 0.717) is 11.3 Å². The molecule has 0 spiro atoms. The predicted octanol–water partition coefficient (Wildman–Crippen LogP) is 6.59. The monoisotopic (exact) mass is 408 g/mol. The van der Waals surface area contributed by atoms with Crippen LogP contribution in [0.3, 0.4) is 0 Å². The number of aromatic hydroxyl groups is 1. The van der Waals surface area contributed by atoms with Crippen molar-refractivity contribution in [2.75, 3.05) is 0 Å². The van der Waals surface area contributed by atoms with Gasteiger partial charge in [0, 0.05) is 22.4 Å². The van der Waals surface area contributed by atoms with Crippen molar-refractivity contribution < 1.29 is 14.6 Å². The first-order valence-corrected chi connectivity index (χ1v) is 11.0. The van der Waals surface area contributed by atoms with E-state index >= 15 is 0 Å². The van der Waals surface area contributed by atoms with Gasteiger partial charge in [0.15, 0.2) is 0 Å². The maximum atomic E-state index is 13.5. The minimum atomic E-state index is -0.691. The van der Waals surface area contributed by atoms with E-state index in [1.165, 1.54) is 0 Å². The SMILES string of the molecule is Cc1ccc2c(O)c3c(cc2c1)C1(OC(=O)c2cccc4ccccc24)CCC3C1C. The van der Waals surface area contributed by atoms with Gasteiger partial charge in [0.05, 0.1) is 5.56 Å². The minimum absolute atomic E-state index is 0.130. The largest absolute Gasteiger partial charge is 0.507 e. The van der Waals surface area contributed by atoms with Crippen molar-refractivity contribution in [3.8, 4) is 5.75 Å². The van der Waals surface area contributed by atoms with Gasteiger partial charge in [-0.05, 0) is 54.0 Å². The zero-order valence-corrected chi connectivity index (χ0v) is 17.7. The molecule has 4 aromatic carbocycles. The molecule has 1 fully saturated rings. The molecule has 2 aliphatic rings. The van der Waals surface area contributed by atoms with Crippen LogP contribution in [-0.4, -0.2) is 11.1 Å². The molecule has 0 aliphatic heterocycles. The highest BCUT2D eigenvalue weighted by molar-refractivity contribution is 6.04. The summed E-state index contributed by atoms with van der Waals surface area (Å²) in [4.78, 5) is 13.5. The Morgan fingerprint density at radius 3 is 2.68 bits per heavy atom. The fourth-order valence-corrected chi connectivity index (χ4v) is 6.02. The molecular formula is C28H24O3. The highest BCUT2D eigenvalue weighted by Crippen LogP contribution is 2.64. The van der Waals surface area contributed by atoms with E-state index in [2.05, 4.69) is 26.0 Å². The lowest BCUT2D eigenvalue weighted by atomic mass is 9.85. The molecule has 0 aromatic heterocycles. The Labute approximate surface area is 181 Å². The van der Waals surface area contributed by atoms with E-state index in [-0.39, 0.29) is 17.8 Å². The number of hydrogen-bond acceptors (Lipinski definition) is 3. The summed E-state index contributed by atoms with van der Waals surface area (Å²) in [6.45, 7) is 4.21. The van der Waals surface area contributed by atoms with Crippen molar-refractivity contribution in [3.63, 3.8) is 0 Å². The molecule has 0 saturated heterocycles. The fourth-order valence-electron chi connectivity index (χ4n) is 6.02. The number of esters is 1. The Kier molecular flexibility index (Phi) is 3.77. The van der Waals surface area contributed by atoms with Crippen molar-refractivity contribution in [1.29, 1.82) is 0 Å². The highest BCUT2D eigenvalue weighted by Gasteiger charge is 2.59. The average Bonchev–Trinajstić information content (AvgIpc) is 3.20. The lowest BCUT2D eigenvalue weighted by molar-refractivity contribution is -0.0353. The Hall–Kier alpha value is -3.33. The number of ether oxygens (including phenoxy) is 1. The van der Waals surface area contributed by atoms with Crippen molar-refractivity contribution in [2.45, 2.75) is 38.2 Å². The molecule has 4 aromatic rings. The Bertz CT molecular complexity index is 1380. The number of benzene rings is 4. The second kappa shape index (κ2) is 6.34. The first-order chi connectivity index (χ1) is 15.0. The van der Waals surface area contributed by atoms with E-state index in [4.69, 9.17) is 4.74 Å². The Balaban J connectivity index is 1.50. The molecule has 0 heterocycles. The maximum absolute atomic E-state index is 13.5. The molecule has 2 aliphatic carbocycles. The number of rotatable bonds is 2. The third-order valence-electron chi connectivity index (χ3n) is 7.58. The van der Waals surface area contributed by atoms with E-state index in [1.807, 2.05) is 54.6 Å².